The first-order valence-electron chi connectivity index (χ1n) is 9.42. The van der Waals surface area contributed by atoms with Gasteiger partial charge in [-0.25, -0.2) is 8.42 Å². The molecule has 7 heteroatoms. The molecule has 3 aliphatic rings. The van der Waals surface area contributed by atoms with Crippen LogP contribution in [0.2, 0.25) is 0 Å². The molecule has 1 aliphatic carbocycles. The van der Waals surface area contributed by atoms with E-state index in [4.69, 9.17) is 0 Å². The molecular weight excluding hydrogens is 326 g/mol. The molecule has 0 aromatic heterocycles. The molecule has 138 valence electrons. The Bertz CT molecular complexity index is 539. The SMILES string of the molecule is CCN(C(=O)CN1CCC(NCC2CC2)CC1)C1CCS(=O)(=O)C1. The lowest BCUT2D eigenvalue weighted by Gasteiger charge is -2.34. The number of amides is 1. The largest absolute Gasteiger partial charge is 0.338 e. The minimum Gasteiger partial charge on any atom is -0.338 e. The minimum absolute atomic E-state index is 0.0870. The molecule has 24 heavy (non-hydrogen) atoms. The summed E-state index contributed by atoms with van der Waals surface area (Å²) in [5.74, 6) is 1.36. The van der Waals surface area contributed by atoms with Gasteiger partial charge < -0.3 is 10.2 Å². The predicted octanol–water partition coefficient (Wildman–Crippen LogP) is 0.486. The molecule has 1 N–H and O–H groups in total. The van der Waals surface area contributed by atoms with Crippen molar-refractivity contribution in [3.63, 3.8) is 0 Å². The number of carbonyl (C=O) groups is 1. The molecule has 1 saturated carbocycles. The second-order valence-corrected chi connectivity index (χ2v) is 9.87. The first-order valence-corrected chi connectivity index (χ1v) is 11.2. The number of nitrogens with one attached hydrogen (secondary N) is 1. The Hall–Kier alpha value is -0.660. The van der Waals surface area contributed by atoms with Crippen molar-refractivity contribution in [2.24, 2.45) is 5.92 Å². The number of rotatable bonds is 7. The van der Waals surface area contributed by atoms with Crippen LogP contribution < -0.4 is 5.32 Å². The fourth-order valence-electron chi connectivity index (χ4n) is 3.89. The van der Waals surface area contributed by atoms with E-state index in [1.165, 1.54) is 12.8 Å². The minimum atomic E-state index is -2.95. The smallest absolute Gasteiger partial charge is 0.237 e. The van der Waals surface area contributed by atoms with Gasteiger partial charge in [-0.15, -0.1) is 0 Å². The number of hydrogen-bond donors (Lipinski definition) is 1. The van der Waals surface area contributed by atoms with Gasteiger partial charge in [-0.3, -0.25) is 9.69 Å². The number of hydrogen-bond acceptors (Lipinski definition) is 5. The number of likely N-dealkylation sites (tertiary alicyclic amines) is 1. The molecule has 2 saturated heterocycles. The van der Waals surface area contributed by atoms with Gasteiger partial charge in [0, 0.05) is 31.7 Å². The van der Waals surface area contributed by atoms with Gasteiger partial charge in [-0.05, 0) is 51.5 Å². The highest BCUT2D eigenvalue weighted by atomic mass is 32.2. The normalized spacial score (nSPS) is 28.1. The van der Waals surface area contributed by atoms with Gasteiger partial charge in [-0.1, -0.05) is 0 Å². The zero-order chi connectivity index (χ0) is 17.2. The van der Waals surface area contributed by atoms with Crippen LogP contribution in [0.1, 0.15) is 39.0 Å². The van der Waals surface area contributed by atoms with E-state index >= 15 is 0 Å². The Morgan fingerprint density at radius 2 is 1.88 bits per heavy atom. The second kappa shape index (κ2) is 7.70. The highest BCUT2D eigenvalue weighted by Crippen LogP contribution is 2.28. The van der Waals surface area contributed by atoms with Crippen LogP contribution in [0, 0.1) is 5.92 Å². The summed E-state index contributed by atoms with van der Waals surface area (Å²) in [6.45, 7) is 6.03. The van der Waals surface area contributed by atoms with E-state index in [1.54, 1.807) is 4.90 Å². The summed E-state index contributed by atoms with van der Waals surface area (Å²) in [5.41, 5.74) is 0. The molecule has 3 rings (SSSR count). The van der Waals surface area contributed by atoms with Crippen LogP contribution in [0.5, 0.6) is 0 Å². The third kappa shape index (κ3) is 4.92. The van der Waals surface area contributed by atoms with E-state index in [2.05, 4.69) is 10.2 Å². The Kier molecular flexibility index (Phi) is 5.82. The number of likely N-dealkylation sites (N-methyl/N-ethyl adjacent to an activating group) is 1. The van der Waals surface area contributed by atoms with Crippen LogP contribution in [0.15, 0.2) is 0 Å². The van der Waals surface area contributed by atoms with Gasteiger partial charge in [0.05, 0.1) is 18.1 Å². The van der Waals surface area contributed by atoms with Crippen LogP contribution in [0.3, 0.4) is 0 Å². The molecule has 1 atom stereocenters. The molecule has 0 aromatic rings. The summed E-state index contributed by atoms with van der Waals surface area (Å²) in [6.07, 6.45) is 5.55. The molecule has 0 bridgehead atoms. The van der Waals surface area contributed by atoms with Crippen molar-refractivity contribution in [1.29, 1.82) is 0 Å². The van der Waals surface area contributed by atoms with Gasteiger partial charge in [0.1, 0.15) is 0 Å². The number of piperidine rings is 1. The Balaban J connectivity index is 1.42. The average Bonchev–Trinajstić information content (AvgIpc) is 3.30. The van der Waals surface area contributed by atoms with Gasteiger partial charge in [0.15, 0.2) is 9.84 Å². The number of carbonyl (C=O) groups excluding carboxylic acids is 1. The van der Waals surface area contributed by atoms with E-state index < -0.39 is 9.84 Å². The number of sulfone groups is 1. The van der Waals surface area contributed by atoms with Crippen LogP contribution in [-0.4, -0.2) is 80.4 Å². The highest BCUT2D eigenvalue weighted by Gasteiger charge is 2.34. The summed E-state index contributed by atoms with van der Waals surface area (Å²) >= 11 is 0. The first-order chi connectivity index (χ1) is 11.5. The number of nitrogens with zero attached hydrogens (tertiary/aromatic N) is 2. The summed E-state index contributed by atoms with van der Waals surface area (Å²) in [5, 5.41) is 3.66. The molecule has 0 spiro atoms. The van der Waals surface area contributed by atoms with Crippen LogP contribution in [0.25, 0.3) is 0 Å². The maximum atomic E-state index is 12.6. The fourth-order valence-corrected chi connectivity index (χ4v) is 5.62. The third-order valence-electron chi connectivity index (χ3n) is 5.65. The quantitative estimate of drug-likeness (QED) is 0.718. The summed E-state index contributed by atoms with van der Waals surface area (Å²) in [7, 11) is -2.95. The van der Waals surface area contributed by atoms with Gasteiger partial charge in [0.25, 0.3) is 0 Å². The van der Waals surface area contributed by atoms with Crippen molar-refractivity contribution in [3.05, 3.63) is 0 Å². The van der Waals surface area contributed by atoms with Crippen LogP contribution >= 0.6 is 0 Å². The van der Waals surface area contributed by atoms with Crippen molar-refractivity contribution >= 4 is 15.7 Å². The molecule has 2 aliphatic heterocycles. The lowest BCUT2D eigenvalue weighted by Crippen LogP contribution is -2.49. The third-order valence-corrected chi connectivity index (χ3v) is 7.40. The summed E-state index contributed by atoms with van der Waals surface area (Å²) in [4.78, 5) is 16.6. The molecule has 2 heterocycles. The molecule has 1 amide bonds. The van der Waals surface area contributed by atoms with Crippen molar-refractivity contribution in [3.8, 4) is 0 Å². The van der Waals surface area contributed by atoms with Crippen molar-refractivity contribution in [2.45, 2.75) is 51.1 Å². The molecule has 6 nitrogen and oxygen atoms in total. The zero-order valence-corrected chi connectivity index (χ0v) is 15.6. The highest BCUT2D eigenvalue weighted by molar-refractivity contribution is 7.91. The van der Waals surface area contributed by atoms with E-state index in [9.17, 15) is 13.2 Å². The average molecular weight is 358 g/mol. The molecular formula is C17H31N3O3S. The molecule has 0 aromatic carbocycles. The first kappa shape index (κ1) is 18.1. The van der Waals surface area contributed by atoms with E-state index in [0.717, 1.165) is 38.4 Å². The Labute approximate surface area is 145 Å². The van der Waals surface area contributed by atoms with Crippen molar-refractivity contribution in [2.75, 3.05) is 44.2 Å². The van der Waals surface area contributed by atoms with Crippen molar-refractivity contribution in [1.82, 2.24) is 15.1 Å². The lowest BCUT2D eigenvalue weighted by atomic mass is 10.0. The van der Waals surface area contributed by atoms with Gasteiger partial charge >= 0.3 is 0 Å². The molecule has 3 fully saturated rings. The standard InChI is InChI=1S/C17H31N3O3S/c1-2-20(16-7-10-24(22,23)13-16)17(21)12-19-8-5-15(6-9-19)18-11-14-3-4-14/h14-16,18H,2-13H2,1H3. The maximum Gasteiger partial charge on any atom is 0.237 e. The van der Waals surface area contributed by atoms with Crippen LogP contribution in [0.4, 0.5) is 0 Å². The zero-order valence-electron chi connectivity index (χ0n) is 14.7. The summed E-state index contributed by atoms with van der Waals surface area (Å²) in [6, 6.07) is 0.476. The van der Waals surface area contributed by atoms with Gasteiger partial charge in [-0.2, -0.15) is 0 Å². The Morgan fingerprint density at radius 3 is 2.42 bits per heavy atom. The van der Waals surface area contributed by atoms with Crippen LogP contribution in [-0.2, 0) is 14.6 Å². The molecule has 1 unspecified atom stereocenters. The lowest BCUT2D eigenvalue weighted by molar-refractivity contribution is -0.134. The van der Waals surface area contributed by atoms with Gasteiger partial charge in [0.2, 0.25) is 5.91 Å². The summed E-state index contributed by atoms with van der Waals surface area (Å²) < 4.78 is 23.3. The Morgan fingerprint density at radius 1 is 1.17 bits per heavy atom. The monoisotopic (exact) mass is 357 g/mol. The van der Waals surface area contributed by atoms with Crippen molar-refractivity contribution < 1.29 is 13.2 Å². The van der Waals surface area contributed by atoms with E-state index in [1.807, 2.05) is 6.92 Å². The maximum absolute atomic E-state index is 12.6. The van der Waals surface area contributed by atoms with E-state index in [0.29, 0.717) is 25.6 Å². The molecule has 0 radical (unpaired) electrons. The fraction of sp³-hybridized carbons (Fsp3) is 0.941. The van der Waals surface area contributed by atoms with E-state index in [-0.39, 0.29) is 23.5 Å². The topological polar surface area (TPSA) is 69.7 Å². The predicted molar refractivity (Wildman–Crippen MR) is 94.6 cm³/mol. The second-order valence-electron chi connectivity index (χ2n) is 7.64.